The van der Waals surface area contributed by atoms with Gasteiger partial charge in [-0.1, -0.05) is 60.1 Å². The van der Waals surface area contributed by atoms with Gasteiger partial charge in [-0.3, -0.25) is 9.59 Å². The molecule has 0 saturated heterocycles. The topological polar surface area (TPSA) is 121 Å². The molecule has 0 saturated carbocycles. The number of rotatable bonds is 9. The predicted molar refractivity (Wildman–Crippen MR) is 144 cm³/mol. The van der Waals surface area contributed by atoms with Crippen molar-refractivity contribution in [3.8, 4) is 0 Å². The fourth-order valence-electron chi connectivity index (χ4n) is 3.40. The van der Waals surface area contributed by atoms with Gasteiger partial charge < -0.3 is 9.73 Å². The number of nitrogens with one attached hydrogen (secondary N) is 2. The van der Waals surface area contributed by atoms with Crippen LogP contribution in [0.2, 0.25) is 5.02 Å². The molecular weight excluding hydrogens is 528 g/mol. The average molecular weight is 551 g/mol. The molecule has 2 N–H and O–H groups in total. The summed E-state index contributed by atoms with van der Waals surface area (Å²) in [5.74, 6) is -1.22. The van der Waals surface area contributed by atoms with E-state index in [-0.39, 0.29) is 23.7 Å². The minimum Gasteiger partial charge on any atom is -0.459 e. The highest BCUT2D eigenvalue weighted by Crippen LogP contribution is 2.22. The molecule has 11 heteroatoms. The largest absolute Gasteiger partial charge is 0.459 e. The summed E-state index contributed by atoms with van der Waals surface area (Å²) in [4.78, 5) is 24.1. The Kier molecular flexibility index (Phi) is 8.70. The van der Waals surface area contributed by atoms with Crippen molar-refractivity contribution in [1.29, 1.82) is 0 Å². The summed E-state index contributed by atoms with van der Waals surface area (Å²) in [6.07, 6.45) is 1.21. The zero-order chi connectivity index (χ0) is 27.0. The number of para-hydroxylation sites is 1. The van der Waals surface area contributed by atoms with Crippen LogP contribution in [0, 0.1) is 0 Å². The number of furan rings is 1. The number of hydrogen-bond donors (Lipinski definition) is 2. The van der Waals surface area contributed by atoms with Gasteiger partial charge in [0.05, 0.1) is 17.7 Å². The summed E-state index contributed by atoms with van der Waals surface area (Å²) >= 11 is 5.97. The SMILES string of the molecule is O=C(N/N=C/c1ccc(CN(Cc2ccc(Cl)cc2)S(=O)(=O)c2ccccc2)o1)C(=O)Nc1ccccc1. The van der Waals surface area contributed by atoms with Crippen molar-refractivity contribution in [1.82, 2.24) is 9.73 Å². The van der Waals surface area contributed by atoms with Crippen LogP contribution in [0.3, 0.4) is 0 Å². The van der Waals surface area contributed by atoms with Gasteiger partial charge in [-0.2, -0.15) is 9.41 Å². The third-order valence-electron chi connectivity index (χ3n) is 5.26. The summed E-state index contributed by atoms with van der Waals surface area (Å²) in [7, 11) is -3.86. The van der Waals surface area contributed by atoms with Gasteiger partial charge in [0.2, 0.25) is 10.0 Å². The first-order valence-corrected chi connectivity index (χ1v) is 13.2. The van der Waals surface area contributed by atoms with E-state index in [1.165, 1.54) is 22.7 Å². The first-order chi connectivity index (χ1) is 18.3. The Labute approximate surface area is 224 Å². The Morgan fingerprint density at radius 2 is 1.50 bits per heavy atom. The zero-order valence-corrected chi connectivity index (χ0v) is 21.5. The van der Waals surface area contributed by atoms with E-state index >= 15 is 0 Å². The van der Waals surface area contributed by atoms with Crippen LogP contribution in [0.25, 0.3) is 0 Å². The van der Waals surface area contributed by atoms with Gasteiger partial charge in [-0.05, 0) is 54.1 Å². The predicted octanol–water partition coefficient (Wildman–Crippen LogP) is 4.41. The summed E-state index contributed by atoms with van der Waals surface area (Å²) < 4.78 is 33.8. The number of sulfonamides is 1. The van der Waals surface area contributed by atoms with Crippen LogP contribution in [0.1, 0.15) is 17.1 Å². The Balaban J connectivity index is 1.43. The lowest BCUT2D eigenvalue weighted by atomic mass is 10.2. The molecular formula is C27H23ClN4O5S. The molecule has 1 heterocycles. The molecule has 3 aromatic carbocycles. The lowest BCUT2D eigenvalue weighted by Gasteiger charge is -2.21. The van der Waals surface area contributed by atoms with Crippen LogP contribution >= 0.6 is 11.6 Å². The number of nitrogens with zero attached hydrogens (tertiary/aromatic N) is 2. The van der Waals surface area contributed by atoms with Crippen molar-refractivity contribution >= 4 is 45.3 Å². The van der Waals surface area contributed by atoms with Crippen LogP contribution in [0.4, 0.5) is 5.69 Å². The van der Waals surface area contributed by atoms with Gasteiger partial charge in [0, 0.05) is 17.3 Å². The number of carbonyl (C=O) groups excluding carboxylic acids is 2. The van der Waals surface area contributed by atoms with Gasteiger partial charge in [0.15, 0.2) is 0 Å². The molecule has 0 spiro atoms. The maximum atomic E-state index is 13.4. The first kappa shape index (κ1) is 26.8. The van der Waals surface area contributed by atoms with Gasteiger partial charge in [-0.15, -0.1) is 0 Å². The molecule has 2 amide bonds. The molecule has 9 nitrogen and oxygen atoms in total. The molecule has 1 aromatic heterocycles. The third kappa shape index (κ3) is 7.16. The molecule has 0 aliphatic carbocycles. The van der Waals surface area contributed by atoms with Crippen LogP contribution in [0.15, 0.2) is 111 Å². The van der Waals surface area contributed by atoms with Crippen LogP contribution in [-0.2, 0) is 32.7 Å². The number of anilines is 1. The van der Waals surface area contributed by atoms with E-state index in [1.807, 2.05) is 0 Å². The second-order valence-corrected chi connectivity index (χ2v) is 10.4. The standard InChI is InChI=1S/C27H23ClN4O5S/c28-21-13-11-20(12-14-21)18-32(38(35,36)25-9-5-2-6-10-25)19-24-16-15-23(37-24)17-29-31-27(34)26(33)30-22-7-3-1-4-8-22/h1-17H,18-19H2,(H,30,33)(H,31,34)/b29-17+. The van der Waals surface area contributed by atoms with E-state index in [1.54, 1.807) is 84.9 Å². The van der Waals surface area contributed by atoms with Gasteiger partial charge >= 0.3 is 11.8 Å². The first-order valence-electron chi connectivity index (χ1n) is 11.4. The molecule has 0 aliphatic rings. The highest BCUT2D eigenvalue weighted by Gasteiger charge is 2.26. The molecule has 0 bridgehead atoms. The number of hydrogen-bond acceptors (Lipinski definition) is 6. The highest BCUT2D eigenvalue weighted by atomic mass is 35.5. The molecule has 0 aliphatic heterocycles. The van der Waals surface area contributed by atoms with E-state index in [9.17, 15) is 18.0 Å². The van der Waals surface area contributed by atoms with E-state index < -0.39 is 21.8 Å². The normalized spacial score (nSPS) is 11.5. The van der Waals surface area contributed by atoms with Gasteiger partial charge in [0.25, 0.3) is 0 Å². The number of amides is 2. The monoisotopic (exact) mass is 550 g/mol. The number of halogens is 1. The number of carbonyl (C=O) groups is 2. The Hall–Kier alpha value is -4.25. The lowest BCUT2D eigenvalue weighted by Crippen LogP contribution is -2.32. The molecule has 0 fully saturated rings. The smallest absolute Gasteiger partial charge is 0.329 e. The molecule has 0 radical (unpaired) electrons. The van der Waals surface area contributed by atoms with Crippen molar-refractivity contribution in [3.63, 3.8) is 0 Å². The molecule has 0 atom stereocenters. The average Bonchev–Trinajstić information content (AvgIpc) is 3.37. The number of hydrazone groups is 1. The van der Waals surface area contributed by atoms with E-state index in [0.29, 0.717) is 16.5 Å². The van der Waals surface area contributed by atoms with Crippen LogP contribution in [0.5, 0.6) is 0 Å². The molecule has 194 valence electrons. The van der Waals surface area contributed by atoms with E-state index in [0.717, 1.165) is 5.56 Å². The van der Waals surface area contributed by atoms with Crippen LogP contribution < -0.4 is 10.7 Å². The maximum Gasteiger partial charge on any atom is 0.329 e. The third-order valence-corrected chi connectivity index (χ3v) is 7.32. The fourth-order valence-corrected chi connectivity index (χ4v) is 4.94. The molecule has 0 unspecified atom stereocenters. The molecule has 4 aromatic rings. The van der Waals surface area contributed by atoms with Crippen molar-refractivity contribution in [3.05, 3.63) is 119 Å². The Morgan fingerprint density at radius 1 is 0.842 bits per heavy atom. The molecule has 4 rings (SSSR count). The Bertz CT molecular complexity index is 1520. The second-order valence-electron chi connectivity index (χ2n) is 8.04. The maximum absolute atomic E-state index is 13.4. The van der Waals surface area contributed by atoms with Crippen molar-refractivity contribution in [2.24, 2.45) is 5.10 Å². The summed E-state index contributed by atoms with van der Waals surface area (Å²) in [5.41, 5.74) is 3.35. The van der Waals surface area contributed by atoms with E-state index in [2.05, 4.69) is 15.8 Å². The van der Waals surface area contributed by atoms with Crippen LogP contribution in [-0.4, -0.2) is 30.8 Å². The highest BCUT2D eigenvalue weighted by molar-refractivity contribution is 7.89. The van der Waals surface area contributed by atoms with E-state index in [4.69, 9.17) is 16.0 Å². The quantitative estimate of drug-likeness (QED) is 0.182. The van der Waals surface area contributed by atoms with Crippen molar-refractivity contribution in [2.45, 2.75) is 18.0 Å². The minimum absolute atomic E-state index is 0.0560. The lowest BCUT2D eigenvalue weighted by molar-refractivity contribution is -0.136. The van der Waals surface area contributed by atoms with Gasteiger partial charge in [-0.25, -0.2) is 13.8 Å². The second kappa shape index (κ2) is 12.3. The summed E-state index contributed by atoms with van der Waals surface area (Å²) in [6.45, 7) is 0.0324. The summed E-state index contributed by atoms with van der Waals surface area (Å²) in [6, 6.07) is 26.7. The fraction of sp³-hybridized carbons (Fsp3) is 0.0741. The van der Waals surface area contributed by atoms with Crippen molar-refractivity contribution in [2.75, 3.05) is 5.32 Å². The van der Waals surface area contributed by atoms with Gasteiger partial charge in [0.1, 0.15) is 11.5 Å². The Morgan fingerprint density at radius 3 is 2.18 bits per heavy atom. The minimum atomic E-state index is -3.86. The zero-order valence-electron chi connectivity index (χ0n) is 20.0. The number of benzene rings is 3. The summed E-state index contributed by atoms with van der Waals surface area (Å²) in [5, 5.41) is 6.74. The van der Waals surface area contributed by atoms with Crippen molar-refractivity contribution < 1.29 is 22.4 Å². The molecule has 38 heavy (non-hydrogen) atoms.